The number of unbranched alkanes of at least 4 members (excludes halogenated alkanes) is 3. The standard InChI is InChI=1S/C18H36O2Si/c1-7-8-9-10-11-12-13-14-15-17(19)16-20-21(5,6)18(2,3)4/h11-12,14-15,17,19H,7-10,13,16H2,1-6H3/b12-11-,15-14-/t17-/m1/s1. The molecule has 0 unspecified atom stereocenters. The Kier molecular flexibility index (Phi) is 10.2. The SMILES string of the molecule is CCCCC/C=C\C/C=C\[C@@H](O)CO[Si](C)(C)C(C)(C)C. The van der Waals surface area contributed by atoms with E-state index in [-0.39, 0.29) is 5.04 Å². The minimum atomic E-state index is -1.75. The molecule has 0 aromatic carbocycles. The molecule has 0 aromatic heterocycles. The maximum Gasteiger partial charge on any atom is 0.192 e. The first kappa shape index (κ1) is 20.6. The van der Waals surface area contributed by atoms with E-state index in [2.05, 4.69) is 52.9 Å². The van der Waals surface area contributed by atoms with Crippen molar-refractivity contribution >= 4 is 8.32 Å². The van der Waals surface area contributed by atoms with Crippen LogP contribution in [0.3, 0.4) is 0 Å². The van der Waals surface area contributed by atoms with Crippen LogP contribution in [0.15, 0.2) is 24.3 Å². The average Bonchev–Trinajstić information content (AvgIpc) is 2.38. The molecular formula is C18H36O2Si. The van der Waals surface area contributed by atoms with Crippen molar-refractivity contribution in [1.29, 1.82) is 0 Å². The first-order valence-electron chi connectivity index (χ1n) is 8.34. The fraction of sp³-hybridized carbons (Fsp3) is 0.778. The predicted molar refractivity (Wildman–Crippen MR) is 96.2 cm³/mol. The Morgan fingerprint density at radius 2 is 1.76 bits per heavy atom. The molecule has 0 amide bonds. The van der Waals surface area contributed by atoms with Crippen molar-refractivity contribution in [3.63, 3.8) is 0 Å². The molecule has 0 radical (unpaired) electrons. The van der Waals surface area contributed by atoms with Crippen LogP contribution in [-0.4, -0.2) is 26.1 Å². The van der Waals surface area contributed by atoms with Crippen molar-refractivity contribution in [1.82, 2.24) is 0 Å². The Morgan fingerprint density at radius 3 is 2.33 bits per heavy atom. The Balaban J connectivity index is 3.89. The van der Waals surface area contributed by atoms with Gasteiger partial charge in [0.1, 0.15) is 0 Å². The Morgan fingerprint density at radius 1 is 1.10 bits per heavy atom. The minimum Gasteiger partial charge on any atom is -0.414 e. The van der Waals surface area contributed by atoms with Crippen molar-refractivity contribution < 1.29 is 9.53 Å². The average molecular weight is 313 g/mol. The van der Waals surface area contributed by atoms with Gasteiger partial charge in [0.05, 0.1) is 12.7 Å². The fourth-order valence-electron chi connectivity index (χ4n) is 1.61. The molecule has 0 saturated carbocycles. The van der Waals surface area contributed by atoms with Crippen molar-refractivity contribution in [2.45, 2.75) is 84.0 Å². The zero-order valence-electron chi connectivity index (χ0n) is 15.0. The van der Waals surface area contributed by atoms with Gasteiger partial charge in [-0.3, -0.25) is 0 Å². The minimum absolute atomic E-state index is 0.192. The van der Waals surface area contributed by atoms with Crippen molar-refractivity contribution in [2.75, 3.05) is 6.61 Å². The summed E-state index contributed by atoms with van der Waals surface area (Å²) in [5, 5.41) is 10.1. The van der Waals surface area contributed by atoms with Gasteiger partial charge in [-0.1, -0.05) is 64.8 Å². The van der Waals surface area contributed by atoms with Gasteiger partial charge in [-0.25, -0.2) is 0 Å². The van der Waals surface area contributed by atoms with E-state index in [4.69, 9.17) is 4.43 Å². The molecule has 0 aromatic rings. The van der Waals surface area contributed by atoms with Crippen LogP contribution in [0.25, 0.3) is 0 Å². The Labute approximate surface area is 133 Å². The second-order valence-electron chi connectivity index (χ2n) is 7.27. The Hall–Kier alpha value is -0.383. The predicted octanol–water partition coefficient (Wildman–Crippen LogP) is 5.45. The number of aliphatic hydroxyl groups excluding tert-OH is 1. The molecule has 1 N–H and O–H groups in total. The maximum absolute atomic E-state index is 9.94. The van der Waals surface area contributed by atoms with E-state index in [1.54, 1.807) is 0 Å². The van der Waals surface area contributed by atoms with Gasteiger partial charge >= 0.3 is 0 Å². The van der Waals surface area contributed by atoms with E-state index in [0.29, 0.717) is 6.61 Å². The molecule has 0 spiro atoms. The van der Waals surface area contributed by atoms with Crippen LogP contribution in [0.5, 0.6) is 0 Å². The molecule has 0 aliphatic carbocycles. The molecule has 0 heterocycles. The van der Waals surface area contributed by atoms with Crippen LogP contribution in [0, 0.1) is 0 Å². The van der Waals surface area contributed by atoms with Crippen molar-refractivity contribution in [3.05, 3.63) is 24.3 Å². The summed E-state index contributed by atoms with van der Waals surface area (Å²) in [7, 11) is -1.75. The van der Waals surface area contributed by atoms with Crippen molar-refractivity contribution in [3.8, 4) is 0 Å². The first-order valence-corrected chi connectivity index (χ1v) is 11.2. The van der Waals surface area contributed by atoms with E-state index in [1.165, 1.54) is 25.7 Å². The third kappa shape index (κ3) is 10.0. The third-order valence-electron chi connectivity index (χ3n) is 4.19. The molecule has 0 fully saturated rings. The van der Waals surface area contributed by atoms with Gasteiger partial charge in [-0.05, 0) is 37.4 Å². The first-order chi connectivity index (χ1) is 9.70. The van der Waals surface area contributed by atoms with E-state index in [9.17, 15) is 5.11 Å². The topological polar surface area (TPSA) is 29.5 Å². The van der Waals surface area contributed by atoms with Crippen LogP contribution in [0.4, 0.5) is 0 Å². The fourth-order valence-corrected chi connectivity index (χ4v) is 2.63. The van der Waals surface area contributed by atoms with Gasteiger partial charge in [0, 0.05) is 0 Å². The molecule has 0 aliphatic heterocycles. The number of rotatable bonds is 10. The molecule has 0 bridgehead atoms. The van der Waals surface area contributed by atoms with Gasteiger partial charge in [-0.15, -0.1) is 0 Å². The third-order valence-corrected chi connectivity index (χ3v) is 8.69. The van der Waals surface area contributed by atoms with Gasteiger partial charge < -0.3 is 9.53 Å². The highest BCUT2D eigenvalue weighted by molar-refractivity contribution is 6.74. The quantitative estimate of drug-likeness (QED) is 0.330. The van der Waals surface area contributed by atoms with Gasteiger partial charge in [-0.2, -0.15) is 0 Å². The summed E-state index contributed by atoms with van der Waals surface area (Å²) < 4.78 is 6.00. The van der Waals surface area contributed by atoms with Crippen molar-refractivity contribution in [2.24, 2.45) is 0 Å². The lowest BCUT2D eigenvalue weighted by Crippen LogP contribution is -2.42. The van der Waals surface area contributed by atoms with E-state index < -0.39 is 14.4 Å². The summed E-state index contributed by atoms with van der Waals surface area (Å²) in [6, 6.07) is 0. The number of aliphatic hydroxyl groups is 1. The van der Waals surface area contributed by atoms with Crippen LogP contribution in [-0.2, 0) is 4.43 Å². The highest BCUT2D eigenvalue weighted by Gasteiger charge is 2.37. The molecular weight excluding hydrogens is 276 g/mol. The molecule has 0 saturated heterocycles. The lowest BCUT2D eigenvalue weighted by Gasteiger charge is -2.36. The largest absolute Gasteiger partial charge is 0.414 e. The van der Waals surface area contributed by atoms with Crippen LogP contribution in [0.2, 0.25) is 18.1 Å². The smallest absolute Gasteiger partial charge is 0.192 e. The highest BCUT2D eigenvalue weighted by atomic mass is 28.4. The molecule has 3 heteroatoms. The summed E-state index contributed by atoms with van der Waals surface area (Å²) >= 11 is 0. The summed E-state index contributed by atoms with van der Waals surface area (Å²) in [5.41, 5.74) is 0. The van der Waals surface area contributed by atoms with Gasteiger partial charge in [0.15, 0.2) is 8.32 Å². The lowest BCUT2D eigenvalue weighted by molar-refractivity contribution is 0.135. The summed E-state index contributed by atoms with van der Waals surface area (Å²) in [5.74, 6) is 0. The summed E-state index contributed by atoms with van der Waals surface area (Å²) in [6.07, 6.45) is 13.7. The second kappa shape index (κ2) is 10.4. The normalized spacial score (nSPS) is 15.2. The summed E-state index contributed by atoms with van der Waals surface area (Å²) in [4.78, 5) is 0. The van der Waals surface area contributed by atoms with Crippen LogP contribution >= 0.6 is 0 Å². The molecule has 0 rings (SSSR count). The lowest BCUT2D eigenvalue weighted by atomic mass is 10.2. The van der Waals surface area contributed by atoms with Crippen LogP contribution < -0.4 is 0 Å². The molecule has 124 valence electrons. The van der Waals surface area contributed by atoms with E-state index >= 15 is 0 Å². The highest BCUT2D eigenvalue weighted by Crippen LogP contribution is 2.36. The second-order valence-corrected chi connectivity index (χ2v) is 12.1. The van der Waals surface area contributed by atoms with Gasteiger partial charge in [0.25, 0.3) is 0 Å². The zero-order chi connectivity index (χ0) is 16.4. The molecule has 1 atom stereocenters. The van der Waals surface area contributed by atoms with Crippen LogP contribution in [0.1, 0.15) is 59.8 Å². The number of allylic oxidation sites excluding steroid dienone is 3. The summed E-state index contributed by atoms with van der Waals surface area (Å²) in [6.45, 7) is 13.7. The van der Waals surface area contributed by atoms with E-state index in [0.717, 1.165) is 6.42 Å². The maximum atomic E-state index is 9.94. The number of hydrogen-bond acceptors (Lipinski definition) is 2. The molecule has 21 heavy (non-hydrogen) atoms. The van der Waals surface area contributed by atoms with E-state index in [1.807, 2.05) is 12.2 Å². The molecule has 0 aliphatic rings. The Bertz CT molecular complexity index is 314. The number of hydrogen-bond donors (Lipinski definition) is 1. The molecule has 2 nitrogen and oxygen atoms in total. The van der Waals surface area contributed by atoms with Gasteiger partial charge in [0.2, 0.25) is 0 Å². The zero-order valence-corrected chi connectivity index (χ0v) is 16.0. The monoisotopic (exact) mass is 312 g/mol.